The molecule has 1 aliphatic rings. The molecule has 1 fully saturated rings. The fourth-order valence-electron chi connectivity index (χ4n) is 2.89. The van der Waals surface area contributed by atoms with Gasteiger partial charge in [0.1, 0.15) is 6.61 Å². The Morgan fingerprint density at radius 3 is 2.67 bits per heavy atom. The van der Waals surface area contributed by atoms with Gasteiger partial charge in [-0.05, 0) is 18.4 Å². The number of carbonyl (C=O) groups is 1. The average Bonchev–Trinajstić information content (AvgIpc) is 3.12. The number of benzene rings is 1. The Kier molecular flexibility index (Phi) is 5.55. The molecule has 7 heteroatoms. The minimum atomic E-state index is 0.0469. The lowest BCUT2D eigenvalue weighted by Gasteiger charge is -2.31. The first kappa shape index (κ1) is 16.6. The number of rotatable bonds is 6. The molecule has 1 amide bonds. The molecule has 0 saturated carbocycles. The van der Waals surface area contributed by atoms with Gasteiger partial charge in [-0.1, -0.05) is 35.5 Å². The summed E-state index contributed by atoms with van der Waals surface area (Å²) < 4.78 is 7.40. The molecule has 24 heavy (non-hydrogen) atoms. The van der Waals surface area contributed by atoms with Crippen LogP contribution >= 0.6 is 0 Å². The first-order valence-corrected chi connectivity index (χ1v) is 8.26. The highest BCUT2D eigenvalue weighted by Crippen LogP contribution is 2.21. The minimum Gasteiger partial charge on any atom is -0.367 e. The third-order valence-electron chi connectivity index (χ3n) is 4.30. The Hall–Kier alpha value is -2.25. The van der Waals surface area contributed by atoms with E-state index in [9.17, 15) is 4.79 Å². The lowest BCUT2D eigenvalue weighted by Crippen LogP contribution is -2.41. The average molecular weight is 329 g/mol. The van der Waals surface area contributed by atoms with Crippen molar-refractivity contribution in [1.82, 2.24) is 19.9 Å². The van der Waals surface area contributed by atoms with Crippen LogP contribution in [0.2, 0.25) is 0 Å². The van der Waals surface area contributed by atoms with Crippen LogP contribution in [0.3, 0.4) is 0 Å². The van der Waals surface area contributed by atoms with Crippen LogP contribution in [0, 0.1) is 0 Å². The second-order valence-electron chi connectivity index (χ2n) is 5.98. The minimum absolute atomic E-state index is 0.0469. The molecule has 2 N–H and O–H groups in total. The molecule has 0 aliphatic carbocycles. The Bertz CT molecular complexity index is 650. The van der Waals surface area contributed by atoms with Crippen molar-refractivity contribution in [2.45, 2.75) is 32.0 Å². The summed E-state index contributed by atoms with van der Waals surface area (Å²) in [6.45, 7) is 2.42. The number of nitrogens with two attached hydrogens (primary N) is 1. The molecule has 0 atom stereocenters. The van der Waals surface area contributed by atoms with Gasteiger partial charge in [-0.2, -0.15) is 0 Å². The van der Waals surface area contributed by atoms with E-state index in [4.69, 9.17) is 10.5 Å². The SMILES string of the molecule is NCc1cn(C2CCN(C(=O)COCc3ccccc3)CC2)nn1. The maximum absolute atomic E-state index is 12.2. The predicted molar refractivity (Wildman–Crippen MR) is 88.9 cm³/mol. The van der Waals surface area contributed by atoms with Gasteiger partial charge in [0, 0.05) is 19.6 Å². The Labute approximate surface area is 141 Å². The lowest BCUT2D eigenvalue weighted by molar-refractivity contribution is -0.137. The summed E-state index contributed by atoms with van der Waals surface area (Å²) in [5.74, 6) is 0.0469. The van der Waals surface area contributed by atoms with Gasteiger partial charge in [0.15, 0.2) is 0 Å². The van der Waals surface area contributed by atoms with E-state index in [2.05, 4.69) is 10.3 Å². The van der Waals surface area contributed by atoms with Gasteiger partial charge in [0.25, 0.3) is 0 Å². The fourth-order valence-corrected chi connectivity index (χ4v) is 2.89. The van der Waals surface area contributed by atoms with Gasteiger partial charge >= 0.3 is 0 Å². The van der Waals surface area contributed by atoms with E-state index < -0.39 is 0 Å². The number of piperidine rings is 1. The standard InChI is InChI=1S/C17H23N5O2/c18-10-15-11-22(20-19-15)16-6-8-21(9-7-16)17(23)13-24-12-14-4-2-1-3-5-14/h1-5,11,16H,6-10,12-13,18H2. The highest BCUT2D eigenvalue weighted by molar-refractivity contribution is 5.77. The Morgan fingerprint density at radius 1 is 1.25 bits per heavy atom. The van der Waals surface area contributed by atoms with Crippen LogP contribution in [0.25, 0.3) is 0 Å². The molecular formula is C17H23N5O2. The Balaban J connectivity index is 1.41. The van der Waals surface area contributed by atoms with Crippen LogP contribution in [0.1, 0.15) is 30.1 Å². The Morgan fingerprint density at radius 2 is 2.00 bits per heavy atom. The number of carbonyl (C=O) groups excluding carboxylic acids is 1. The van der Waals surface area contributed by atoms with Crippen molar-refractivity contribution in [2.75, 3.05) is 19.7 Å². The van der Waals surface area contributed by atoms with Crippen LogP contribution in [-0.2, 0) is 22.7 Å². The highest BCUT2D eigenvalue weighted by Gasteiger charge is 2.24. The number of likely N-dealkylation sites (tertiary alicyclic amines) is 1. The monoisotopic (exact) mass is 329 g/mol. The van der Waals surface area contributed by atoms with E-state index in [1.807, 2.05) is 46.1 Å². The van der Waals surface area contributed by atoms with Crippen LogP contribution in [-0.4, -0.2) is 45.5 Å². The number of aromatic nitrogens is 3. The van der Waals surface area contributed by atoms with E-state index in [1.165, 1.54) is 0 Å². The second kappa shape index (κ2) is 8.03. The van der Waals surface area contributed by atoms with Crippen molar-refractivity contribution in [1.29, 1.82) is 0 Å². The van der Waals surface area contributed by atoms with Crippen LogP contribution in [0.5, 0.6) is 0 Å². The number of nitrogens with zero attached hydrogens (tertiary/aromatic N) is 4. The van der Waals surface area contributed by atoms with Crippen molar-refractivity contribution in [2.24, 2.45) is 5.73 Å². The number of hydrogen-bond donors (Lipinski definition) is 1. The van der Waals surface area contributed by atoms with Crippen LogP contribution < -0.4 is 5.73 Å². The predicted octanol–water partition coefficient (Wildman–Crippen LogP) is 1.12. The second-order valence-corrected chi connectivity index (χ2v) is 5.98. The van der Waals surface area contributed by atoms with Crippen molar-refractivity contribution < 1.29 is 9.53 Å². The molecule has 0 spiro atoms. The summed E-state index contributed by atoms with van der Waals surface area (Å²) in [6.07, 6.45) is 3.64. The molecule has 0 bridgehead atoms. The summed E-state index contributed by atoms with van der Waals surface area (Å²) in [4.78, 5) is 14.1. The summed E-state index contributed by atoms with van der Waals surface area (Å²) in [5.41, 5.74) is 7.43. The lowest BCUT2D eigenvalue weighted by atomic mass is 10.1. The number of hydrogen-bond acceptors (Lipinski definition) is 5. The third kappa shape index (κ3) is 4.18. The summed E-state index contributed by atoms with van der Waals surface area (Å²) in [7, 11) is 0. The first-order valence-electron chi connectivity index (χ1n) is 8.26. The zero-order valence-corrected chi connectivity index (χ0v) is 13.7. The molecule has 1 saturated heterocycles. The molecule has 0 unspecified atom stereocenters. The number of ether oxygens (including phenoxy) is 1. The molecule has 0 radical (unpaired) electrons. The van der Waals surface area contributed by atoms with Crippen molar-refractivity contribution in [3.8, 4) is 0 Å². The molecule has 3 rings (SSSR count). The quantitative estimate of drug-likeness (QED) is 0.858. The van der Waals surface area contributed by atoms with Crippen molar-refractivity contribution >= 4 is 5.91 Å². The van der Waals surface area contributed by atoms with Gasteiger partial charge in [-0.15, -0.1) is 5.10 Å². The van der Waals surface area contributed by atoms with Gasteiger partial charge in [0.2, 0.25) is 5.91 Å². The molecule has 2 aromatic rings. The smallest absolute Gasteiger partial charge is 0.248 e. The third-order valence-corrected chi connectivity index (χ3v) is 4.30. The van der Waals surface area contributed by atoms with E-state index in [-0.39, 0.29) is 18.6 Å². The maximum Gasteiger partial charge on any atom is 0.248 e. The van der Waals surface area contributed by atoms with E-state index in [0.29, 0.717) is 13.2 Å². The van der Waals surface area contributed by atoms with Crippen LogP contribution in [0.15, 0.2) is 36.5 Å². The maximum atomic E-state index is 12.2. The van der Waals surface area contributed by atoms with E-state index in [1.54, 1.807) is 0 Å². The van der Waals surface area contributed by atoms with Crippen molar-refractivity contribution in [3.63, 3.8) is 0 Å². The summed E-state index contributed by atoms with van der Waals surface area (Å²) in [6, 6.07) is 10.2. The summed E-state index contributed by atoms with van der Waals surface area (Å²) >= 11 is 0. The fraction of sp³-hybridized carbons (Fsp3) is 0.471. The molecule has 7 nitrogen and oxygen atoms in total. The largest absolute Gasteiger partial charge is 0.367 e. The van der Waals surface area contributed by atoms with E-state index in [0.717, 1.165) is 37.2 Å². The molecular weight excluding hydrogens is 306 g/mol. The molecule has 2 heterocycles. The molecule has 128 valence electrons. The normalized spacial score (nSPS) is 15.6. The first-order chi connectivity index (χ1) is 11.8. The van der Waals surface area contributed by atoms with Crippen molar-refractivity contribution in [3.05, 3.63) is 47.8 Å². The van der Waals surface area contributed by atoms with Gasteiger partial charge < -0.3 is 15.4 Å². The topological polar surface area (TPSA) is 86.3 Å². The van der Waals surface area contributed by atoms with Gasteiger partial charge in [0.05, 0.1) is 24.5 Å². The number of amides is 1. The van der Waals surface area contributed by atoms with Gasteiger partial charge in [-0.3, -0.25) is 4.79 Å². The summed E-state index contributed by atoms with van der Waals surface area (Å²) in [5, 5.41) is 8.14. The molecule has 1 aliphatic heterocycles. The highest BCUT2D eigenvalue weighted by atomic mass is 16.5. The molecule has 1 aromatic heterocycles. The van der Waals surface area contributed by atoms with E-state index >= 15 is 0 Å². The molecule has 1 aromatic carbocycles. The van der Waals surface area contributed by atoms with Gasteiger partial charge in [-0.25, -0.2) is 4.68 Å². The van der Waals surface area contributed by atoms with Crippen LogP contribution in [0.4, 0.5) is 0 Å². The zero-order valence-electron chi connectivity index (χ0n) is 13.7. The zero-order chi connectivity index (χ0) is 16.8.